The van der Waals surface area contributed by atoms with E-state index in [0.717, 1.165) is 55.1 Å². The van der Waals surface area contributed by atoms with Gasteiger partial charge in [-0.2, -0.15) is 5.10 Å². The molecule has 0 unspecified atom stereocenters. The van der Waals surface area contributed by atoms with E-state index in [1.54, 1.807) is 0 Å². The van der Waals surface area contributed by atoms with Gasteiger partial charge in [-0.25, -0.2) is 4.68 Å². The maximum atomic E-state index is 12.9. The molecule has 1 aliphatic heterocycles. The van der Waals surface area contributed by atoms with Gasteiger partial charge >= 0.3 is 0 Å². The summed E-state index contributed by atoms with van der Waals surface area (Å²) < 4.78 is 6.75. The average Bonchev–Trinajstić information content (AvgIpc) is 2.80. The lowest BCUT2D eigenvalue weighted by atomic mass is 10.0. The van der Waals surface area contributed by atoms with E-state index in [1.807, 2.05) is 55.5 Å². The van der Waals surface area contributed by atoms with Crippen LogP contribution in [0.1, 0.15) is 12.0 Å². The normalized spacial score (nSPS) is 14.6. The summed E-state index contributed by atoms with van der Waals surface area (Å²) >= 11 is 0. The molecule has 7 heteroatoms. The SMILES string of the molecule is Cc1ccc(-c2nn(CCC(=O)NCCN3CCOCC3)c(=O)c3ccccc23)cc1. The minimum atomic E-state index is -0.174. The number of morpholine rings is 1. The lowest BCUT2D eigenvalue weighted by Crippen LogP contribution is -2.41. The van der Waals surface area contributed by atoms with Crippen molar-refractivity contribution in [3.8, 4) is 11.3 Å². The third-order valence-electron chi connectivity index (χ3n) is 5.60. The summed E-state index contributed by atoms with van der Waals surface area (Å²) in [5, 5.41) is 9.01. The van der Waals surface area contributed by atoms with E-state index in [9.17, 15) is 9.59 Å². The first-order valence-corrected chi connectivity index (χ1v) is 10.8. The number of aromatic nitrogens is 2. The molecule has 162 valence electrons. The standard InChI is InChI=1S/C24H28N4O3/c1-18-6-8-19(9-7-18)23-20-4-2-3-5-21(20)24(30)28(26-23)12-10-22(29)25-11-13-27-14-16-31-17-15-27/h2-9H,10-17H2,1H3,(H,25,29). The van der Waals surface area contributed by atoms with Crippen molar-refractivity contribution in [1.29, 1.82) is 0 Å². The fraction of sp³-hybridized carbons (Fsp3) is 0.375. The molecule has 1 aromatic heterocycles. The van der Waals surface area contributed by atoms with E-state index in [4.69, 9.17) is 4.74 Å². The smallest absolute Gasteiger partial charge is 0.274 e. The van der Waals surface area contributed by atoms with Gasteiger partial charge in [0.1, 0.15) is 0 Å². The van der Waals surface area contributed by atoms with Crippen LogP contribution in [0.5, 0.6) is 0 Å². The largest absolute Gasteiger partial charge is 0.379 e. The average molecular weight is 421 g/mol. The quantitative estimate of drug-likeness (QED) is 0.634. The summed E-state index contributed by atoms with van der Waals surface area (Å²) in [5.41, 5.74) is 2.69. The molecule has 1 aliphatic rings. The zero-order chi connectivity index (χ0) is 21.6. The Kier molecular flexibility index (Phi) is 6.74. The molecular formula is C24H28N4O3. The lowest BCUT2D eigenvalue weighted by molar-refractivity contribution is -0.121. The van der Waals surface area contributed by atoms with Crippen molar-refractivity contribution in [1.82, 2.24) is 20.0 Å². The van der Waals surface area contributed by atoms with Gasteiger partial charge in [0.05, 0.1) is 30.8 Å². The van der Waals surface area contributed by atoms with Crippen molar-refractivity contribution in [3.63, 3.8) is 0 Å². The molecular weight excluding hydrogens is 392 g/mol. The van der Waals surface area contributed by atoms with E-state index < -0.39 is 0 Å². The molecule has 4 rings (SSSR count). The van der Waals surface area contributed by atoms with Crippen LogP contribution in [-0.4, -0.2) is 60.0 Å². The summed E-state index contributed by atoms with van der Waals surface area (Å²) in [5.74, 6) is -0.0768. The van der Waals surface area contributed by atoms with Crippen molar-refractivity contribution >= 4 is 16.7 Å². The Balaban J connectivity index is 1.47. The molecule has 31 heavy (non-hydrogen) atoms. The molecule has 2 heterocycles. The van der Waals surface area contributed by atoms with E-state index in [0.29, 0.717) is 11.9 Å². The second kappa shape index (κ2) is 9.85. The molecule has 1 amide bonds. The number of ether oxygens (including phenoxy) is 1. The van der Waals surface area contributed by atoms with Gasteiger partial charge in [0.25, 0.3) is 5.56 Å². The third kappa shape index (κ3) is 5.18. The molecule has 0 bridgehead atoms. The summed E-state index contributed by atoms with van der Waals surface area (Å²) in [6, 6.07) is 15.6. The Labute approximate surface area is 181 Å². The van der Waals surface area contributed by atoms with Crippen LogP contribution in [0.2, 0.25) is 0 Å². The van der Waals surface area contributed by atoms with Crippen LogP contribution in [0.15, 0.2) is 53.3 Å². The van der Waals surface area contributed by atoms with E-state index >= 15 is 0 Å². The maximum absolute atomic E-state index is 12.9. The highest BCUT2D eigenvalue weighted by Crippen LogP contribution is 2.24. The highest BCUT2D eigenvalue weighted by atomic mass is 16.5. The van der Waals surface area contributed by atoms with Gasteiger partial charge in [0, 0.05) is 43.5 Å². The molecule has 0 saturated carbocycles. The Morgan fingerprint density at radius 1 is 1.03 bits per heavy atom. The molecule has 0 spiro atoms. The number of nitrogens with zero attached hydrogens (tertiary/aromatic N) is 3. The first-order chi connectivity index (χ1) is 15.1. The molecule has 1 fully saturated rings. The van der Waals surface area contributed by atoms with E-state index in [2.05, 4.69) is 15.3 Å². The van der Waals surface area contributed by atoms with Crippen LogP contribution >= 0.6 is 0 Å². The Morgan fingerprint density at radius 3 is 2.48 bits per heavy atom. The van der Waals surface area contributed by atoms with Gasteiger partial charge in [-0.15, -0.1) is 0 Å². The van der Waals surface area contributed by atoms with Crippen LogP contribution in [-0.2, 0) is 16.1 Å². The zero-order valence-electron chi connectivity index (χ0n) is 17.8. The highest BCUT2D eigenvalue weighted by Gasteiger charge is 2.14. The van der Waals surface area contributed by atoms with Crippen LogP contribution in [0.25, 0.3) is 22.0 Å². The number of hydrogen-bond acceptors (Lipinski definition) is 5. The molecule has 0 atom stereocenters. The monoisotopic (exact) mass is 420 g/mol. The Bertz CT molecular complexity index is 1100. The van der Waals surface area contributed by atoms with E-state index in [1.165, 1.54) is 4.68 Å². The second-order valence-corrected chi connectivity index (χ2v) is 7.84. The van der Waals surface area contributed by atoms with Crippen LogP contribution in [0.3, 0.4) is 0 Å². The molecule has 3 aromatic rings. The fourth-order valence-corrected chi connectivity index (χ4v) is 3.79. The predicted molar refractivity (Wildman–Crippen MR) is 121 cm³/mol. The van der Waals surface area contributed by atoms with Gasteiger partial charge in [0.2, 0.25) is 5.91 Å². The number of amides is 1. The van der Waals surface area contributed by atoms with Gasteiger partial charge < -0.3 is 10.1 Å². The summed E-state index contributed by atoms with van der Waals surface area (Å²) in [7, 11) is 0. The van der Waals surface area contributed by atoms with Crippen LogP contribution in [0, 0.1) is 6.92 Å². The zero-order valence-corrected chi connectivity index (χ0v) is 17.8. The van der Waals surface area contributed by atoms with Crippen LogP contribution in [0.4, 0.5) is 0 Å². The second-order valence-electron chi connectivity index (χ2n) is 7.84. The minimum Gasteiger partial charge on any atom is -0.379 e. The van der Waals surface area contributed by atoms with Gasteiger partial charge in [-0.1, -0.05) is 48.0 Å². The van der Waals surface area contributed by atoms with E-state index in [-0.39, 0.29) is 24.4 Å². The summed E-state index contributed by atoms with van der Waals surface area (Å²) in [6.45, 7) is 6.96. The Morgan fingerprint density at radius 2 is 1.74 bits per heavy atom. The first kappa shape index (κ1) is 21.2. The number of hydrogen-bond donors (Lipinski definition) is 1. The summed E-state index contributed by atoms with van der Waals surface area (Å²) in [6.07, 6.45) is 0.210. The van der Waals surface area contributed by atoms with Crippen LogP contribution < -0.4 is 10.9 Å². The maximum Gasteiger partial charge on any atom is 0.274 e. The predicted octanol–water partition coefficient (Wildman–Crippen LogP) is 2.21. The number of carbonyl (C=O) groups excluding carboxylic acids is 1. The fourth-order valence-electron chi connectivity index (χ4n) is 3.79. The Hall–Kier alpha value is -3.03. The van der Waals surface area contributed by atoms with Gasteiger partial charge in [-0.05, 0) is 13.0 Å². The highest BCUT2D eigenvalue weighted by molar-refractivity contribution is 5.93. The first-order valence-electron chi connectivity index (χ1n) is 10.8. The van der Waals surface area contributed by atoms with Crippen molar-refractivity contribution < 1.29 is 9.53 Å². The summed E-state index contributed by atoms with van der Waals surface area (Å²) in [4.78, 5) is 27.5. The molecule has 0 aliphatic carbocycles. The topological polar surface area (TPSA) is 76.5 Å². The molecule has 1 saturated heterocycles. The molecule has 1 N–H and O–H groups in total. The molecule has 7 nitrogen and oxygen atoms in total. The number of fused-ring (bicyclic) bond motifs is 1. The third-order valence-corrected chi connectivity index (χ3v) is 5.60. The lowest BCUT2D eigenvalue weighted by Gasteiger charge is -2.26. The van der Waals surface area contributed by atoms with Crippen molar-refractivity contribution in [2.75, 3.05) is 39.4 Å². The van der Waals surface area contributed by atoms with Crippen molar-refractivity contribution in [3.05, 3.63) is 64.4 Å². The van der Waals surface area contributed by atoms with Gasteiger partial charge in [0.15, 0.2) is 0 Å². The van der Waals surface area contributed by atoms with Crippen molar-refractivity contribution in [2.24, 2.45) is 0 Å². The number of rotatable bonds is 7. The number of aryl methyl sites for hydroxylation is 2. The molecule has 0 radical (unpaired) electrons. The number of nitrogens with one attached hydrogen (secondary N) is 1. The minimum absolute atomic E-state index is 0.0768. The number of carbonyl (C=O) groups is 1. The molecule has 2 aromatic carbocycles. The van der Waals surface area contributed by atoms with Gasteiger partial charge in [-0.3, -0.25) is 14.5 Å². The van der Waals surface area contributed by atoms with Crippen molar-refractivity contribution in [2.45, 2.75) is 19.9 Å². The number of benzene rings is 2.